The predicted octanol–water partition coefficient (Wildman–Crippen LogP) is 4.25. The third-order valence-corrected chi connectivity index (χ3v) is 3.53. The van der Waals surface area contributed by atoms with Gasteiger partial charge in [-0.1, -0.05) is 34.1 Å². The molecule has 0 unspecified atom stereocenters. The number of halogens is 1. The molecule has 0 heterocycles. The lowest BCUT2D eigenvalue weighted by Crippen LogP contribution is -2.06. The first kappa shape index (κ1) is 15.5. The highest BCUT2D eigenvalue weighted by Gasteiger charge is 2.09. The molecule has 2 N–H and O–H groups in total. The Kier molecular flexibility index (Phi) is 4.98. The zero-order chi connectivity index (χ0) is 15.4. The Balaban J connectivity index is 2.26. The number of nitrogens with one attached hydrogen (secondary N) is 1. The Morgan fingerprint density at radius 2 is 2.00 bits per heavy atom. The monoisotopic (exact) mass is 349 g/mol. The standard InChI is InChI=1S/C16H16BrNO3/c1-10(19)13-8-7-12(9-14(13)17)21-16-6-4-3-5-15(16)18-11(2)20/h3-10,19H,1-2H3,(H,18,20)/t10-/m1/s1. The van der Waals surface area contributed by atoms with Crippen LogP contribution in [0.2, 0.25) is 0 Å². The molecule has 0 fully saturated rings. The molecule has 0 spiro atoms. The molecule has 2 aromatic rings. The van der Waals surface area contributed by atoms with Crippen molar-refractivity contribution in [3.8, 4) is 11.5 Å². The van der Waals surface area contributed by atoms with Gasteiger partial charge in [-0.2, -0.15) is 0 Å². The minimum atomic E-state index is -0.555. The third kappa shape index (κ3) is 4.06. The van der Waals surface area contributed by atoms with E-state index in [1.807, 2.05) is 12.1 Å². The van der Waals surface area contributed by atoms with Crippen molar-refractivity contribution in [2.45, 2.75) is 20.0 Å². The van der Waals surface area contributed by atoms with Gasteiger partial charge in [0.1, 0.15) is 5.75 Å². The lowest BCUT2D eigenvalue weighted by atomic mass is 10.1. The molecule has 1 amide bonds. The highest BCUT2D eigenvalue weighted by Crippen LogP contribution is 2.33. The number of aliphatic hydroxyl groups is 1. The molecule has 0 radical (unpaired) electrons. The molecule has 0 bridgehead atoms. The van der Waals surface area contributed by atoms with E-state index in [2.05, 4.69) is 21.2 Å². The summed E-state index contributed by atoms with van der Waals surface area (Å²) in [6, 6.07) is 12.6. The number of ether oxygens (including phenoxy) is 1. The van der Waals surface area contributed by atoms with E-state index in [9.17, 15) is 9.90 Å². The van der Waals surface area contributed by atoms with Gasteiger partial charge in [-0.25, -0.2) is 0 Å². The summed E-state index contributed by atoms with van der Waals surface area (Å²) in [6.45, 7) is 3.15. The van der Waals surface area contributed by atoms with Gasteiger partial charge in [0.15, 0.2) is 5.75 Å². The highest BCUT2D eigenvalue weighted by atomic mass is 79.9. The minimum Gasteiger partial charge on any atom is -0.455 e. The third-order valence-electron chi connectivity index (χ3n) is 2.85. The number of rotatable bonds is 4. The van der Waals surface area contributed by atoms with Gasteiger partial charge in [-0.15, -0.1) is 0 Å². The van der Waals surface area contributed by atoms with Crippen molar-refractivity contribution in [1.29, 1.82) is 0 Å². The number of benzene rings is 2. The number of para-hydroxylation sites is 2. The summed E-state index contributed by atoms with van der Waals surface area (Å²) < 4.78 is 6.57. The maximum atomic E-state index is 11.2. The molecule has 0 aliphatic rings. The van der Waals surface area contributed by atoms with Crippen LogP contribution in [0.3, 0.4) is 0 Å². The lowest BCUT2D eigenvalue weighted by Gasteiger charge is -2.13. The fourth-order valence-corrected chi connectivity index (χ4v) is 2.57. The van der Waals surface area contributed by atoms with Gasteiger partial charge in [0.05, 0.1) is 11.8 Å². The molecule has 0 aromatic heterocycles. The number of aliphatic hydroxyl groups excluding tert-OH is 1. The zero-order valence-corrected chi connectivity index (χ0v) is 13.3. The fourth-order valence-electron chi connectivity index (χ4n) is 1.89. The molecule has 0 saturated heterocycles. The fraction of sp³-hybridized carbons (Fsp3) is 0.188. The first-order chi connectivity index (χ1) is 9.97. The quantitative estimate of drug-likeness (QED) is 0.867. The molecular formula is C16H16BrNO3. The van der Waals surface area contributed by atoms with Gasteiger partial charge in [-0.05, 0) is 36.8 Å². The number of hydrogen-bond donors (Lipinski definition) is 2. The van der Waals surface area contributed by atoms with Crippen LogP contribution in [0, 0.1) is 0 Å². The van der Waals surface area contributed by atoms with E-state index in [0.717, 1.165) is 10.0 Å². The number of hydrogen-bond acceptors (Lipinski definition) is 3. The second-order valence-corrected chi connectivity index (χ2v) is 5.49. The largest absolute Gasteiger partial charge is 0.455 e. The van der Waals surface area contributed by atoms with Gasteiger partial charge in [0.2, 0.25) is 5.91 Å². The SMILES string of the molecule is CC(=O)Nc1ccccc1Oc1ccc([C@@H](C)O)c(Br)c1. The second-order valence-electron chi connectivity index (χ2n) is 4.64. The average Bonchev–Trinajstić information content (AvgIpc) is 2.40. The van der Waals surface area contributed by atoms with E-state index in [-0.39, 0.29) is 5.91 Å². The number of anilines is 1. The van der Waals surface area contributed by atoms with Crippen LogP contribution in [0.15, 0.2) is 46.9 Å². The average molecular weight is 350 g/mol. The molecule has 2 aromatic carbocycles. The van der Waals surface area contributed by atoms with Crippen molar-refractivity contribution < 1.29 is 14.6 Å². The van der Waals surface area contributed by atoms with Crippen LogP contribution >= 0.6 is 15.9 Å². The lowest BCUT2D eigenvalue weighted by molar-refractivity contribution is -0.114. The number of carbonyl (C=O) groups excluding carboxylic acids is 1. The van der Waals surface area contributed by atoms with Gasteiger partial charge >= 0.3 is 0 Å². The van der Waals surface area contributed by atoms with Crippen LogP contribution in [-0.2, 0) is 4.79 Å². The van der Waals surface area contributed by atoms with Crippen molar-refractivity contribution >= 4 is 27.5 Å². The summed E-state index contributed by atoms with van der Waals surface area (Å²) in [6.07, 6.45) is -0.555. The van der Waals surface area contributed by atoms with Crippen LogP contribution < -0.4 is 10.1 Å². The Labute approximate surface area is 131 Å². The van der Waals surface area contributed by atoms with Gasteiger partial charge in [-0.3, -0.25) is 4.79 Å². The zero-order valence-electron chi connectivity index (χ0n) is 11.8. The van der Waals surface area contributed by atoms with Crippen LogP contribution in [0.4, 0.5) is 5.69 Å². The molecule has 0 aliphatic carbocycles. The summed E-state index contributed by atoms with van der Waals surface area (Å²) in [4.78, 5) is 11.2. The van der Waals surface area contributed by atoms with Crippen LogP contribution in [-0.4, -0.2) is 11.0 Å². The number of amides is 1. The number of carbonyl (C=O) groups is 1. The van der Waals surface area contributed by atoms with Gasteiger partial charge in [0, 0.05) is 11.4 Å². The Morgan fingerprint density at radius 1 is 1.29 bits per heavy atom. The molecular weight excluding hydrogens is 334 g/mol. The summed E-state index contributed by atoms with van der Waals surface area (Å²) in [7, 11) is 0. The predicted molar refractivity (Wildman–Crippen MR) is 85.6 cm³/mol. The molecule has 0 saturated carbocycles. The molecule has 2 rings (SSSR count). The van der Waals surface area contributed by atoms with Crippen LogP contribution in [0.25, 0.3) is 0 Å². The van der Waals surface area contributed by atoms with Crippen LogP contribution in [0.5, 0.6) is 11.5 Å². The van der Waals surface area contributed by atoms with Crippen LogP contribution in [0.1, 0.15) is 25.5 Å². The highest BCUT2D eigenvalue weighted by molar-refractivity contribution is 9.10. The first-order valence-corrected chi connectivity index (χ1v) is 7.28. The summed E-state index contributed by atoms with van der Waals surface area (Å²) in [5.74, 6) is 1.02. The molecule has 0 aliphatic heterocycles. The molecule has 1 atom stereocenters. The topological polar surface area (TPSA) is 58.6 Å². The maximum Gasteiger partial charge on any atom is 0.221 e. The smallest absolute Gasteiger partial charge is 0.221 e. The Bertz CT molecular complexity index is 656. The van der Waals surface area contributed by atoms with E-state index in [0.29, 0.717) is 17.2 Å². The van der Waals surface area contributed by atoms with E-state index in [4.69, 9.17) is 4.74 Å². The molecule has 110 valence electrons. The van der Waals surface area contributed by atoms with E-state index < -0.39 is 6.10 Å². The van der Waals surface area contributed by atoms with Crippen molar-refractivity contribution in [3.63, 3.8) is 0 Å². The van der Waals surface area contributed by atoms with Crippen molar-refractivity contribution in [2.24, 2.45) is 0 Å². The normalized spacial score (nSPS) is 11.8. The summed E-state index contributed by atoms with van der Waals surface area (Å²) >= 11 is 3.41. The maximum absolute atomic E-state index is 11.2. The first-order valence-electron chi connectivity index (χ1n) is 6.49. The minimum absolute atomic E-state index is 0.156. The van der Waals surface area contributed by atoms with Gasteiger partial charge in [0.25, 0.3) is 0 Å². The van der Waals surface area contributed by atoms with Crippen molar-refractivity contribution in [1.82, 2.24) is 0 Å². The Hall–Kier alpha value is -1.85. The second kappa shape index (κ2) is 6.74. The van der Waals surface area contributed by atoms with Crippen molar-refractivity contribution in [3.05, 3.63) is 52.5 Å². The summed E-state index contributed by atoms with van der Waals surface area (Å²) in [5.41, 5.74) is 1.40. The summed E-state index contributed by atoms with van der Waals surface area (Å²) in [5, 5.41) is 12.3. The van der Waals surface area contributed by atoms with E-state index >= 15 is 0 Å². The molecule has 4 nitrogen and oxygen atoms in total. The molecule has 5 heteroatoms. The van der Waals surface area contributed by atoms with Gasteiger partial charge < -0.3 is 15.2 Å². The van der Waals surface area contributed by atoms with E-state index in [1.165, 1.54) is 6.92 Å². The van der Waals surface area contributed by atoms with E-state index in [1.54, 1.807) is 37.3 Å². The van der Waals surface area contributed by atoms with Crippen molar-refractivity contribution in [2.75, 3.05) is 5.32 Å². The molecule has 21 heavy (non-hydrogen) atoms. The Morgan fingerprint density at radius 3 is 2.62 bits per heavy atom.